The molecular weight excluding hydrogens is 817 g/mol. The Morgan fingerprint density at radius 2 is 0.515 bits per heavy atom. The third-order valence-electron chi connectivity index (χ3n) is 16.2. The van der Waals surface area contributed by atoms with Crippen LogP contribution < -0.4 is 0 Å². The van der Waals surface area contributed by atoms with Crippen molar-refractivity contribution in [2.45, 2.75) is 69.2 Å². The van der Waals surface area contributed by atoms with Crippen LogP contribution in [0.2, 0.25) is 0 Å². The Morgan fingerprint density at radius 1 is 0.221 bits per heavy atom. The van der Waals surface area contributed by atoms with E-state index in [0.717, 1.165) is 0 Å². The summed E-state index contributed by atoms with van der Waals surface area (Å²) in [5.41, 5.74) is 23.6. The molecule has 13 rings (SSSR count). The molecule has 0 radical (unpaired) electrons. The molecule has 68 heavy (non-hydrogen) atoms. The van der Waals surface area contributed by atoms with Crippen LogP contribution in [0.4, 0.5) is 0 Å². The third-order valence-corrected chi connectivity index (χ3v) is 16.2. The molecule has 0 spiro atoms. The van der Waals surface area contributed by atoms with Crippen LogP contribution in [-0.2, 0) is 0 Å². The molecular formula is C68H54. The predicted molar refractivity (Wildman–Crippen MR) is 298 cm³/mol. The van der Waals surface area contributed by atoms with Gasteiger partial charge < -0.3 is 0 Å². The van der Waals surface area contributed by atoms with E-state index in [-0.39, 0.29) is 0 Å². The van der Waals surface area contributed by atoms with Crippen molar-refractivity contribution in [1.82, 2.24) is 0 Å². The molecule has 0 aliphatic carbocycles. The van der Waals surface area contributed by atoms with Crippen molar-refractivity contribution in [3.05, 3.63) is 201 Å². The number of hydrogen-bond acceptors (Lipinski definition) is 0. The number of aryl methyl sites for hydroxylation is 8. The molecule has 0 N–H and O–H groups in total. The van der Waals surface area contributed by atoms with Crippen LogP contribution in [-0.4, -0.2) is 0 Å². The minimum atomic E-state index is 1.28. The second kappa shape index (κ2) is 14.5. The zero-order valence-corrected chi connectivity index (χ0v) is 40.9. The van der Waals surface area contributed by atoms with Gasteiger partial charge in [0, 0.05) is 0 Å². The van der Waals surface area contributed by atoms with E-state index in [1.165, 1.54) is 186 Å². The Balaban J connectivity index is 1.20. The smallest absolute Gasteiger partial charge is 0.00195 e. The Labute approximate surface area is 399 Å². The molecule has 0 atom stereocenters. The minimum Gasteiger partial charge on any atom is -0.0614 e. The van der Waals surface area contributed by atoms with E-state index in [4.69, 9.17) is 0 Å². The van der Waals surface area contributed by atoms with E-state index in [2.05, 4.69) is 215 Å². The fourth-order valence-electron chi connectivity index (χ4n) is 13.0. The summed E-state index contributed by atoms with van der Waals surface area (Å²) in [6, 6.07) is 57.3. The monoisotopic (exact) mass is 870 g/mol. The quantitative estimate of drug-likeness (QED) is 0.155. The summed E-state index contributed by atoms with van der Waals surface area (Å²) in [4.78, 5) is 0. The van der Waals surface area contributed by atoms with Gasteiger partial charge in [-0.25, -0.2) is 0 Å². The average molecular weight is 871 g/mol. The van der Waals surface area contributed by atoms with Crippen LogP contribution >= 0.6 is 0 Å². The van der Waals surface area contributed by atoms with Gasteiger partial charge in [-0.15, -0.1) is 0 Å². The fourth-order valence-corrected chi connectivity index (χ4v) is 13.0. The lowest BCUT2D eigenvalue weighted by molar-refractivity contribution is 1.32. The number of hydrogen-bond donors (Lipinski definition) is 0. The van der Waals surface area contributed by atoms with Crippen LogP contribution in [0.15, 0.2) is 146 Å². The van der Waals surface area contributed by atoms with Gasteiger partial charge in [0.1, 0.15) is 0 Å². The second-order valence-electron chi connectivity index (χ2n) is 20.6. The maximum absolute atomic E-state index is 2.56. The van der Waals surface area contributed by atoms with E-state index >= 15 is 0 Å². The van der Waals surface area contributed by atoms with Crippen molar-refractivity contribution < 1.29 is 0 Å². The van der Waals surface area contributed by atoms with Crippen molar-refractivity contribution in [2.75, 3.05) is 0 Å². The van der Waals surface area contributed by atoms with Crippen molar-refractivity contribution in [2.24, 2.45) is 0 Å². The Hall–Kier alpha value is -7.54. The molecule has 13 aromatic carbocycles. The Morgan fingerprint density at radius 3 is 0.868 bits per heavy atom. The van der Waals surface area contributed by atoms with Crippen molar-refractivity contribution in [3.63, 3.8) is 0 Å². The highest BCUT2D eigenvalue weighted by Gasteiger charge is 2.23. The second-order valence-corrected chi connectivity index (χ2v) is 20.6. The van der Waals surface area contributed by atoms with Gasteiger partial charge in [0.2, 0.25) is 0 Å². The van der Waals surface area contributed by atoms with Crippen molar-refractivity contribution in [1.29, 1.82) is 0 Å². The van der Waals surface area contributed by atoms with Crippen LogP contribution in [0.1, 0.15) is 55.6 Å². The van der Waals surface area contributed by atoms with Gasteiger partial charge in [-0.3, -0.25) is 0 Å². The minimum absolute atomic E-state index is 1.28. The molecule has 0 aliphatic rings. The first-order chi connectivity index (χ1) is 32.8. The molecule has 0 amide bonds. The number of rotatable bonds is 4. The average Bonchev–Trinajstić information content (AvgIpc) is 3.79. The van der Waals surface area contributed by atoms with E-state index in [1.807, 2.05) is 0 Å². The summed E-state index contributed by atoms with van der Waals surface area (Å²) in [5, 5.41) is 21.2. The SMILES string of the molecule is Cc1cc(C)c(-c2ccc3c(c2)c2cc4c5cc6c7cc(-c8c(C)cc(C)cc8C)ccc7c7cc(-c8cccc(C)c8C)cc(c5ccc4c4cc(-c5cccc(C)c5C)cc3c42)c76)c(C)c1. The first-order valence-corrected chi connectivity index (χ1v) is 24.4. The summed E-state index contributed by atoms with van der Waals surface area (Å²) in [5.74, 6) is 0. The van der Waals surface area contributed by atoms with Gasteiger partial charge in [0.25, 0.3) is 0 Å². The van der Waals surface area contributed by atoms with E-state index in [9.17, 15) is 0 Å². The maximum atomic E-state index is 2.56. The molecule has 0 nitrogen and oxygen atoms in total. The molecule has 0 aliphatic heterocycles. The molecule has 0 saturated heterocycles. The van der Waals surface area contributed by atoms with Gasteiger partial charge in [-0.1, -0.05) is 108 Å². The molecule has 326 valence electrons. The number of benzene rings is 11. The molecule has 0 saturated carbocycles. The maximum Gasteiger partial charge on any atom is -0.00195 e. The van der Waals surface area contributed by atoms with Gasteiger partial charge in [0.05, 0.1) is 0 Å². The summed E-state index contributed by atoms with van der Waals surface area (Å²) < 4.78 is 0. The Bertz CT molecular complexity index is 4020. The van der Waals surface area contributed by atoms with E-state index in [1.54, 1.807) is 0 Å². The molecule has 13 aromatic rings. The topological polar surface area (TPSA) is 0 Å². The third kappa shape index (κ3) is 5.73. The van der Waals surface area contributed by atoms with Crippen molar-refractivity contribution >= 4 is 86.2 Å². The summed E-state index contributed by atoms with van der Waals surface area (Å²) >= 11 is 0. The van der Waals surface area contributed by atoms with Gasteiger partial charge in [0.15, 0.2) is 0 Å². The van der Waals surface area contributed by atoms with E-state index in [0.29, 0.717) is 0 Å². The summed E-state index contributed by atoms with van der Waals surface area (Å²) in [6.45, 7) is 22.5. The lowest BCUT2D eigenvalue weighted by Crippen LogP contribution is -1.90. The highest BCUT2D eigenvalue weighted by atomic mass is 14.3. The highest BCUT2D eigenvalue weighted by Crippen LogP contribution is 2.50. The highest BCUT2D eigenvalue weighted by molar-refractivity contribution is 6.41. The molecule has 0 heterocycles. The number of fused-ring (bicyclic) bond motifs is 11. The molecule has 0 bridgehead atoms. The van der Waals surface area contributed by atoms with Crippen LogP contribution in [0.25, 0.3) is 131 Å². The lowest BCUT2D eigenvalue weighted by Gasteiger charge is -2.15. The summed E-state index contributed by atoms with van der Waals surface area (Å²) in [7, 11) is 0. The Kier molecular flexibility index (Phi) is 8.67. The van der Waals surface area contributed by atoms with Gasteiger partial charge >= 0.3 is 0 Å². The van der Waals surface area contributed by atoms with Gasteiger partial charge in [-0.05, 0) is 293 Å². The van der Waals surface area contributed by atoms with Crippen LogP contribution in [0.3, 0.4) is 0 Å². The molecule has 0 fully saturated rings. The predicted octanol–water partition coefficient (Wildman–Crippen LogP) is 19.5. The standard InChI is InChI=1S/C68H54/c1-35-23-39(5)65(40(6)24-35)45-17-19-51-55(27-45)63-33-57-53(61-31-47(29-59(51)67(61)63)49-15-11-13-37(3)43(49)9)21-22-54-58(57)34-64-56-28-46(66-41(7)25-36(2)26-42(66)8)18-20-52(56)60-30-48(32-62(54)68(60)64)50-16-12-14-38(4)44(50)10/h11-34H,1-10H3. The first-order valence-electron chi connectivity index (χ1n) is 24.4. The zero-order chi connectivity index (χ0) is 46.6. The molecule has 0 aromatic heterocycles. The molecule has 0 unspecified atom stereocenters. The largest absolute Gasteiger partial charge is 0.0614 e. The first kappa shape index (κ1) is 40.7. The summed E-state index contributed by atoms with van der Waals surface area (Å²) in [6.07, 6.45) is 0. The molecule has 0 heteroatoms. The van der Waals surface area contributed by atoms with Crippen LogP contribution in [0.5, 0.6) is 0 Å². The van der Waals surface area contributed by atoms with Crippen molar-refractivity contribution in [3.8, 4) is 44.5 Å². The fraction of sp³-hybridized carbons (Fsp3) is 0.147. The zero-order valence-electron chi connectivity index (χ0n) is 40.9. The lowest BCUT2D eigenvalue weighted by atomic mass is 9.88. The van der Waals surface area contributed by atoms with E-state index < -0.39 is 0 Å². The normalized spacial score (nSPS) is 12.3. The van der Waals surface area contributed by atoms with Crippen LogP contribution in [0, 0.1) is 69.2 Å². The van der Waals surface area contributed by atoms with Gasteiger partial charge in [-0.2, -0.15) is 0 Å².